The molecule has 21 heavy (non-hydrogen) atoms. The number of ether oxygens (including phenoxy) is 1. The number of rotatable bonds is 5. The second kappa shape index (κ2) is 7.67. The molecule has 1 aromatic carbocycles. The number of carbonyl (C=O) groups is 2. The molecule has 114 valence electrons. The van der Waals surface area contributed by atoms with Crippen LogP contribution < -0.4 is 0 Å². The van der Waals surface area contributed by atoms with E-state index >= 15 is 0 Å². The second-order valence-electron chi connectivity index (χ2n) is 5.31. The smallest absolute Gasteiger partial charge is 0.407 e. The Morgan fingerprint density at radius 1 is 1.24 bits per heavy atom. The van der Waals surface area contributed by atoms with Gasteiger partial charge in [-0.1, -0.05) is 30.3 Å². The maximum Gasteiger partial charge on any atom is 0.407 e. The maximum atomic E-state index is 11.7. The van der Waals surface area contributed by atoms with Gasteiger partial charge in [-0.05, 0) is 31.2 Å². The molecule has 1 aliphatic heterocycles. The van der Waals surface area contributed by atoms with Gasteiger partial charge in [-0.2, -0.15) is 0 Å². The number of hydrogen-bond acceptors (Lipinski definition) is 3. The van der Waals surface area contributed by atoms with Gasteiger partial charge in [-0.25, -0.2) is 4.79 Å². The first kappa shape index (κ1) is 15.4. The molecular formula is C16H21NO4. The average molecular weight is 291 g/mol. The van der Waals surface area contributed by atoms with E-state index in [1.165, 1.54) is 4.90 Å². The van der Waals surface area contributed by atoms with Crippen molar-refractivity contribution in [2.45, 2.75) is 44.8 Å². The van der Waals surface area contributed by atoms with Crippen LogP contribution in [0.15, 0.2) is 30.3 Å². The van der Waals surface area contributed by atoms with E-state index < -0.39 is 6.09 Å². The molecule has 1 atom stereocenters. The molecule has 0 radical (unpaired) electrons. The lowest BCUT2D eigenvalue weighted by Crippen LogP contribution is -2.43. The topological polar surface area (TPSA) is 66.8 Å². The first-order chi connectivity index (χ1) is 10.2. The lowest BCUT2D eigenvalue weighted by Gasteiger charge is -2.33. The van der Waals surface area contributed by atoms with Crippen molar-refractivity contribution in [2.75, 3.05) is 6.54 Å². The Hall–Kier alpha value is -2.04. The van der Waals surface area contributed by atoms with E-state index in [1.807, 2.05) is 30.3 Å². The summed E-state index contributed by atoms with van der Waals surface area (Å²) in [6.07, 6.45) is 2.67. The van der Waals surface area contributed by atoms with Crippen LogP contribution in [0.5, 0.6) is 0 Å². The molecule has 1 unspecified atom stereocenters. The Bertz CT molecular complexity index is 474. The summed E-state index contributed by atoms with van der Waals surface area (Å²) in [4.78, 5) is 24.3. The highest BCUT2D eigenvalue weighted by Crippen LogP contribution is 2.21. The Labute approximate surface area is 124 Å². The normalized spacial score (nSPS) is 18.3. The lowest BCUT2D eigenvalue weighted by molar-refractivity contribution is -0.145. The summed E-state index contributed by atoms with van der Waals surface area (Å²) >= 11 is 0. The predicted octanol–water partition coefficient (Wildman–Crippen LogP) is 3.04. The minimum Gasteiger partial charge on any atom is -0.465 e. The summed E-state index contributed by atoms with van der Waals surface area (Å²) in [6, 6.07) is 9.46. The zero-order chi connectivity index (χ0) is 15.1. The van der Waals surface area contributed by atoms with Crippen LogP contribution in [0.2, 0.25) is 0 Å². The molecular weight excluding hydrogens is 270 g/mol. The summed E-state index contributed by atoms with van der Waals surface area (Å²) in [5.41, 5.74) is 0.954. The van der Waals surface area contributed by atoms with Crippen LogP contribution in [0.1, 0.15) is 37.7 Å². The van der Waals surface area contributed by atoms with E-state index in [0.29, 0.717) is 13.0 Å². The van der Waals surface area contributed by atoms with Gasteiger partial charge in [-0.15, -0.1) is 0 Å². The Balaban J connectivity index is 1.74. The van der Waals surface area contributed by atoms with Crippen molar-refractivity contribution in [2.24, 2.45) is 0 Å². The number of carboxylic acid groups (broad SMARTS) is 1. The highest BCUT2D eigenvalue weighted by Gasteiger charge is 2.26. The number of amides is 1. The van der Waals surface area contributed by atoms with Crippen LogP contribution in [-0.4, -0.2) is 34.7 Å². The SMILES string of the molecule is O=C(CCC1CCCCN1C(=O)O)OCc1ccccc1. The summed E-state index contributed by atoms with van der Waals surface area (Å²) in [5.74, 6) is -0.269. The zero-order valence-corrected chi connectivity index (χ0v) is 12.0. The van der Waals surface area contributed by atoms with Crippen LogP contribution in [0.25, 0.3) is 0 Å². The van der Waals surface area contributed by atoms with Gasteiger partial charge < -0.3 is 14.7 Å². The van der Waals surface area contributed by atoms with Crippen molar-refractivity contribution in [1.82, 2.24) is 4.90 Å². The van der Waals surface area contributed by atoms with E-state index in [-0.39, 0.29) is 25.0 Å². The summed E-state index contributed by atoms with van der Waals surface area (Å²) in [5, 5.41) is 9.14. The molecule has 2 rings (SSSR count). The molecule has 0 aromatic heterocycles. The molecule has 1 N–H and O–H groups in total. The minimum absolute atomic E-state index is 0.0551. The van der Waals surface area contributed by atoms with Crippen LogP contribution >= 0.6 is 0 Å². The monoisotopic (exact) mass is 291 g/mol. The molecule has 5 nitrogen and oxygen atoms in total. The molecule has 0 saturated carbocycles. The van der Waals surface area contributed by atoms with Gasteiger partial charge in [0.1, 0.15) is 6.61 Å². The van der Waals surface area contributed by atoms with Crippen molar-refractivity contribution >= 4 is 12.1 Å². The number of nitrogens with zero attached hydrogens (tertiary/aromatic N) is 1. The van der Waals surface area contributed by atoms with Crippen LogP contribution in [-0.2, 0) is 16.1 Å². The molecule has 0 spiro atoms. The van der Waals surface area contributed by atoms with E-state index in [0.717, 1.165) is 24.8 Å². The number of piperidine rings is 1. The molecule has 1 aromatic rings. The van der Waals surface area contributed by atoms with Crippen molar-refractivity contribution < 1.29 is 19.4 Å². The van der Waals surface area contributed by atoms with Gasteiger partial charge in [0.15, 0.2) is 0 Å². The molecule has 5 heteroatoms. The van der Waals surface area contributed by atoms with Gasteiger partial charge in [-0.3, -0.25) is 4.79 Å². The molecule has 0 aliphatic carbocycles. The fourth-order valence-corrected chi connectivity index (χ4v) is 2.65. The van der Waals surface area contributed by atoms with Crippen molar-refractivity contribution in [3.8, 4) is 0 Å². The third kappa shape index (κ3) is 4.77. The van der Waals surface area contributed by atoms with Crippen molar-refractivity contribution in [3.63, 3.8) is 0 Å². The Kier molecular flexibility index (Phi) is 5.60. The van der Waals surface area contributed by atoms with E-state index in [9.17, 15) is 9.59 Å². The molecule has 1 saturated heterocycles. The number of benzene rings is 1. The average Bonchev–Trinajstić information content (AvgIpc) is 2.52. The number of hydrogen-bond donors (Lipinski definition) is 1. The lowest BCUT2D eigenvalue weighted by atomic mass is 9.98. The number of carbonyl (C=O) groups excluding carboxylic acids is 1. The van der Waals surface area contributed by atoms with Gasteiger partial charge in [0.05, 0.1) is 0 Å². The zero-order valence-electron chi connectivity index (χ0n) is 12.0. The highest BCUT2D eigenvalue weighted by atomic mass is 16.5. The highest BCUT2D eigenvalue weighted by molar-refractivity contribution is 5.70. The third-order valence-corrected chi connectivity index (χ3v) is 3.80. The summed E-state index contributed by atoms with van der Waals surface area (Å²) < 4.78 is 5.21. The summed E-state index contributed by atoms with van der Waals surface area (Å²) in [6.45, 7) is 0.839. The number of likely N-dealkylation sites (tertiary alicyclic amines) is 1. The number of esters is 1. The first-order valence-electron chi connectivity index (χ1n) is 7.36. The van der Waals surface area contributed by atoms with Crippen molar-refractivity contribution in [3.05, 3.63) is 35.9 Å². The van der Waals surface area contributed by atoms with Gasteiger partial charge in [0.25, 0.3) is 0 Å². The minimum atomic E-state index is -0.891. The largest absolute Gasteiger partial charge is 0.465 e. The second-order valence-corrected chi connectivity index (χ2v) is 5.31. The molecule has 1 amide bonds. The molecule has 1 fully saturated rings. The van der Waals surface area contributed by atoms with Crippen LogP contribution in [0.4, 0.5) is 4.79 Å². The van der Waals surface area contributed by atoms with Crippen LogP contribution in [0, 0.1) is 0 Å². The Morgan fingerprint density at radius 2 is 2.00 bits per heavy atom. The van der Waals surface area contributed by atoms with E-state index in [4.69, 9.17) is 9.84 Å². The third-order valence-electron chi connectivity index (χ3n) is 3.80. The van der Waals surface area contributed by atoms with Gasteiger partial charge in [0, 0.05) is 19.0 Å². The van der Waals surface area contributed by atoms with Gasteiger partial charge in [0.2, 0.25) is 0 Å². The van der Waals surface area contributed by atoms with E-state index in [1.54, 1.807) is 0 Å². The first-order valence-corrected chi connectivity index (χ1v) is 7.36. The Morgan fingerprint density at radius 3 is 2.71 bits per heavy atom. The maximum absolute atomic E-state index is 11.7. The quantitative estimate of drug-likeness (QED) is 0.847. The fraction of sp³-hybridized carbons (Fsp3) is 0.500. The predicted molar refractivity (Wildman–Crippen MR) is 77.8 cm³/mol. The molecule has 1 aliphatic rings. The summed E-state index contributed by atoms with van der Waals surface area (Å²) in [7, 11) is 0. The van der Waals surface area contributed by atoms with Crippen LogP contribution in [0.3, 0.4) is 0 Å². The standard InChI is InChI=1S/C16H21NO4/c18-15(21-12-13-6-2-1-3-7-13)10-9-14-8-4-5-11-17(14)16(19)20/h1-3,6-7,14H,4-5,8-12H2,(H,19,20). The molecule has 1 heterocycles. The van der Waals surface area contributed by atoms with Crippen molar-refractivity contribution in [1.29, 1.82) is 0 Å². The fourth-order valence-electron chi connectivity index (χ4n) is 2.65. The molecule has 0 bridgehead atoms. The van der Waals surface area contributed by atoms with Gasteiger partial charge >= 0.3 is 12.1 Å². The van der Waals surface area contributed by atoms with E-state index in [2.05, 4.69) is 0 Å².